The second kappa shape index (κ2) is 3.32. The number of rotatable bonds is 2. The number of methoxy groups -OCH3 is 1. The van der Waals surface area contributed by atoms with E-state index in [4.69, 9.17) is 9.47 Å². The molecule has 0 radical (unpaired) electrons. The van der Waals surface area contributed by atoms with Gasteiger partial charge in [-0.15, -0.1) is 0 Å². The highest BCUT2D eigenvalue weighted by atomic mass is 16.7. The summed E-state index contributed by atoms with van der Waals surface area (Å²) in [5.74, 6) is 0. The molecular formula is C7H14O3. The van der Waals surface area contributed by atoms with Gasteiger partial charge in [0.25, 0.3) is 0 Å². The Hall–Kier alpha value is -0.120. The third kappa shape index (κ3) is 1.48. The molecule has 0 aromatic heterocycles. The van der Waals surface area contributed by atoms with E-state index in [1.165, 1.54) is 0 Å². The zero-order chi connectivity index (χ0) is 7.56. The molecule has 1 aliphatic heterocycles. The second-order valence-electron chi connectivity index (χ2n) is 2.57. The summed E-state index contributed by atoms with van der Waals surface area (Å²) in [6.07, 6.45) is 0.992. The molecule has 1 N–H and O–H groups in total. The number of hydrogen-bond acceptors (Lipinski definition) is 3. The van der Waals surface area contributed by atoms with Crippen LogP contribution in [0.3, 0.4) is 0 Å². The van der Waals surface area contributed by atoms with Gasteiger partial charge in [0, 0.05) is 13.5 Å². The van der Waals surface area contributed by atoms with E-state index in [1.54, 1.807) is 7.11 Å². The van der Waals surface area contributed by atoms with E-state index in [2.05, 4.69) is 0 Å². The number of ether oxygens (including phenoxy) is 2. The highest BCUT2D eigenvalue weighted by Crippen LogP contribution is 2.22. The van der Waals surface area contributed by atoms with E-state index in [0.717, 1.165) is 6.42 Å². The standard InChI is InChI=1S/C7H14O3/c1-3-5-4-6(8)7(9-2)10-5/h5-8H,3-4H2,1-2H3. The summed E-state index contributed by atoms with van der Waals surface area (Å²) in [5, 5.41) is 9.24. The zero-order valence-corrected chi connectivity index (χ0v) is 6.41. The molecule has 0 amide bonds. The van der Waals surface area contributed by atoms with E-state index in [-0.39, 0.29) is 6.10 Å². The van der Waals surface area contributed by atoms with Crippen molar-refractivity contribution in [3.8, 4) is 0 Å². The molecule has 0 spiro atoms. The van der Waals surface area contributed by atoms with Gasteiger partial charge in [-0.25, -0.2) is 0 Å². The SMILES string of the molecule is CCC1CC(O)C(OC)O1. The van der Waals surface area contributed by atoms with Crippen LogP contribution in [-0.4, -0.2) is 30.7 Å². The number of hydrogen-bond donors (Lipinski definition) is 1. The highest BCUT2D eigenvalue weighted by Gasteiger charge is 2.32. The van der Waals surface area contributed by atoms with Gasteiger partial charge in [-0.2, -0.15) is 0 Å². The number of aliphatic hydroxyl groups is 1. The van der Waals surface area contributed by atoms with E-state index in [1.807, 2.05) is 6.92 Å². The summed E-state index contributed by atoms with van der Waals surface area (Å²) in [4.78, 5) is 0. The highest BCUT2D eigenvalue weighted by molar-refractivity contribution is 4.75. The maximum atomic E-state index is 9.24. The van der Waals surface area contributed by atoms with Crippen molar-refractivity contribution in [2.45, 2.75) is 38.3 Å². The minimum absolute atomic E-state index is 0.181. The first-order valence-corrected chi connectivity index (χ1v) is 3.64. The smallest absolute Gasteiger partial charge is 0.183 e. The predicted molar refractivity (Wildman–Crippen MR) is 36.6 cm³/mol. The Morgan fingerprint density at radius 1 is 1.70 bits per heavy atom. The molecule has 0 aromatic carbocycles. The normalized spacial score (nSPS) is 40.5. The quantitative estimate of drug-likeness (QED) is 0.617. The Morgan fingerprint density at radius 3 is 2.70 bits per heavy atom. The van der Waals surface area contributed by atoms with Gasteiger partial charge in [0.15, 0.2) is 6.29 Å². The molecule has 1 rings (SSSR count). The Labute approximate surface area is 60.9 Å². The lowest BCUT2D eigenvalue weighted by Crippen LogP contribution is -2.22. The maximum Gasteiger partial charge on any atom is 0.183 e. The molecular weight excluding hydrogens is 132 g/mol. The van der Waals surface area contributed by atoms with Gasteiger partial charge < -0.3 is 14.6 Å². The van der Waals surface area contributed by atoms with Crippen LogP contribution < -0.4 is 0 Å². The first kappa shape index (κ1) is 7.98. The average Bonchev–Trinajstić information content (AvgIpc) is 2.30. The van der Waals surface area contributed by atoms with Crippen LogP contribution in [0, 0.1) is 0 Å². The predicted octanol–water partition coefficient (Wildman–Crippen LogP) is 0.519. The fourth-order valence-corrected chi connectivity index (χ4v) is 1.19. The third-order valence-electron chi connectivity index (χ3n) is 1.83. The van der Waals surface area contributed by atoms with Crippen LogP contribution in [0.25, 0.3) is 0 Å². The Kier molecular flexibility index (Phi) is 2.65. The van der Waals surface area contributed by atoms with Crippen molar-refractivity contribution < 1.29 is 14.6 Å². The van der Waals surface area contributed by atoms with Gasteiger partial charge >= 0.3 is 0 Å². The minimum atomic E-state index is -0.435. The summed E-state index contributed by atoms with van der Waals surface area (Å²) in [5.41, 5.74) is 0. The second-order valence-corrected chi connectivity index (χ2v) is 2.57. The molecule has 1 fully saturated rings. The van der Waals surface area contributed by atoms with Crippen molar-refractivity contribution >= 4 is 0 Å². The molecule has 1 aliphatic rings. The van der Waals surface area contributed by atoms with Gasteiger partial charge in [0.2, 0.25) is 0 Å². The van der Waals surface area contributed by atoms with Crippen LogP contribution in [-0.2, 0) is 9.47 Å². The van der Waals surface area contributed by atoms with Crippen LogP contribution in [0.5, 0.6) is 0 Å². The summed E-state index contributed by atoms with van der Waals surface area (Å²) in [6.45, 7) is 2.04. The van der Waals surface area contributed by atoms with Crippen molar-refractivity contribution in [2.24, 2.45) is 0 Å². The first-order chi connectivity index (χ1) is 4.77. The number of aliphatic hydroxyl groups excluding tert-OH is 1. The maximum absolute atomic E-state index is 9.24. The molecule has 3 nitrogen and oxygen atoms in total. The molecule has 1 heterocycles. The van der Waals surface area contributed by atoms with Crippen LogP contribution in [0.15, 0.2) is 0 Å². The molecule has 3 heteroatoms. The van der Waals surface area contributed by atoms with Crippen LogP contribution in [0.2, 0.25) is 0 Å². The average molecular weight is 146 g/mol. The molecule has 60 valence electrons. The minimum Gasteiger partial charge on any atom is -0.388 e. The van der Waals surface area contributed by atoms with E-state index in [0.29, 0.717) is 6.42 Å². The fourth-order valence-electron chi connectivity index (χ4n) is 1.19. The molecule has 3 atom stereocenters. The van der Waals surface area contributed by atoms with Crippen molar-refractivity contribution in [1.82, 2.24) is 0 Å². The van der Waals surface area contributed by atoms with Crippen molar-refractivity contribution in [3.05, 3.63) is 0 Å². The van der Waals surface area contributed by atoms with E-state index in [9.17, 15) is 5.11 Å². The van der Waals surface area contributed by atoms with Crippen LogP contribution in [0.4, 0.5) is 0 Å². The fraction of sp³-hybridized carbons (Fsp3) is 1.00. The third-order valence-corrected chi connectivity index (χ3v) is 1.83. The van der Waals surface area contributed by atoms with Gasteiger partial charge in [-0.3, -0.25) is 0 Å². The van der Waals surface area contributed by atoms with Gasteiger partial charge in [-0.05, 0) is 6.42 Å². The van der Waals surface area contributed by atoms with Gasteiger partial charge in [-0.1, -0.05) is 6.92 Å². The monoisotopic (exact) mass is 146 g/mol. The molecule has 0 aliphatic carbocycles. The van der Waals surface area contributed by atoms with Gasteiger partial charge in [0.1, 0.15) is 6.10 Å². The van der Waals surface area contributed by atoms with Crippen LogP contribution in [0.1, 0.15) is 19.8 Å². The zero-order valence-electron chi connectivity index (χ0n) is 6.41. The van der Waals surface area contributed by atoms with Crippen LogP contribution >= 0.6 is 0 Å². The molecule has 3 unspecified atom stereocenters. The topological polar surface area (TPSA) is 38.7 Å². The summed E-state index contributed by atoms with van der Waals surface area (Å²) in [7, 11) is 1.55. The lowest BCUT2D eigenvalue weighted by Gasteiger charge is -2.11. The lowest BCUT2D eigenvalue weighted by molar-refractivity contribution is -0.148. The van der Waals surface area contributed by atoms with E-state index >= 15 is 0 Å². The largest absolute Gasteiger partial charge is 0.388 e. The van der Waals surface area contributed by atoms with Crippen molar-refractivity contribution in [2.75, 3.05) is 7.11 Å². The summed E-state index contributed by atoms with van der Waals surface area (Å²) in [6, 6.07) is 0. The molecule has 0 bridgehead atoms. The molecule has 10 heavy (non-hydrogen) atoms. The van der Waals surface area contributed by atoms with Crippen molar-refractivity contribution in [1.29, 1.82) is 0 Å². The Balaban J connectivity index is 2.36. The van der Waals surface area contributed by atoms with E-state index < -0.39 is 12.4 Å². The molecule has 0 saturated carbocycles. The Bertz CT molecular complexity index is 105. The molecule has 1 saturated heterocycles. The summed E-state index contributed by atoms with van der Waals surface area (Å²) < 4.78 is 10.2. The lowest BCUT2D eigenvalue weighted by atomic mass is 10.2. The van der Waals surface area contributed by atoms with Gasteiger partial charge in [0.05, 0.1) is 6.10 Å². The van der Waals surface area contributed by atoms with Crippen molar-refractivity contribution in [3.63, 3.8) is 0 Å². The first-order valence-electron chi connectivity index (χ1n) is 3.64. The molecule has 0 aromatic rings. The summed E-state index contributed by atoms with van der Waals surface area (Å²) >= 11 is 0. The Morgan fingerprint density at radius 2 is 2.40 bits per heavy atom.